The van der Waals surface area contributed by atoms with Crippen molar-refractivity contribution >= 4 is 21.7 Å². The SMILES string of the molecule is NC(=O)c1cccc(CN(C(=O)Cc2ccc(-n3cccc3)cc2)C2C=CS(=O)(=O)C2)c1. The van der Waals surface area contributed by atoms with Crippen LogP contribution in [0, 0.1) is 0 Å². The average molecular weight is 450 g/mol. The molecule has 1 aliphatic heterocycles. The highest BCUT2D eigenvalue weighted by Crippen LogP contribution is 2.20. The predicted molar refractivity (Wildman–Crippen MR) is 122 cm³/mol. The summed E-state index contributed by atoms with van der Waals surface area (Å²) in [6, 6.07) is 17.7. The molecule has 8 heteroatoms. The molecule has 3 aromatic rings. The number of nitrogens with two attached hydrogens (primary N) is 1. The first-order valence-corrected chi connectivity index (χ1v) is 11.8. The Bertz CT molecular complexity index is 1260. The van der Waals surface area contributed by atoms with E-state index in [4.69, 9.17) is 5.73 Å². The molecule has 0 bridgehead atoms. The van der Waals surface area contributed by atoms with Gasteiger partial charge in [-0.3, -0.25) is 9.59 Å². The summed E-state index contributed by atoms with van der Waals surface area (Å²) in [5.41, 5.74) is 8.22. The largest absolute Gasteiger partial charge is 0.366 e. The summed E-state index contributed by atoms with van der Waals surface area (Å²) < 4.78 is 25.9. The molecule has 164 valence electrons. The Kier molecular flexibility index (Phi) is 5.96. The van der Waals surface area contributed by atoms with Crippen LogP contribution in [0.15, 0.2) is 84.5 Å². The first kappa shape index (κ1) is 21.6. The van der Waals surface area contributed by atoms with Gasteiger partial charge in [-0.05, 0) is 53.6 Å². The third kappa shape index (κ3) is 4.97. The second kappa shape index (κ2) is 8.84. The van der Waals surface area contributed by atoms with Crippen molar-refractivity contribution in [2.24, 2.45) is 5.73 Å². The molecular formula is C24H23N3O4S. The monoisotopic (exact) mass is 449 g/mol. The van der Waals surface area contributed by atoms with E-state index in [9.17, 15) is 18.0 Å². The van der Waals surface area contributed by atoms with Gasteiger partial charge in [0.1, 0.15) is 0 Å². The van der Waals surface area contributed by atoms with Crippen LogP contribution >= 0.6 is 0 Å². The highest BCUT2D eigenvalue weighted by Gasteiger charge is 2.30. The fourth-order valence-corrected chi connectivity index (χ4v) is 5.03. The van der Waals surface area contributed by atoms with Gasteiger partial charge in [0.25, 0.3) is 0 Å². The minimum Gasteiger partial charge on any atom is -0.366 e. The molecule has 32 heavy (non-hydrogen) atoms. The van der Waals surface area contributed by atoms with Crippen molar-refractivity contribution < 1.29 is 18.0 Å². The van der Waals surface area contributed by atoms with Gasteiger partial charge in [-0.15, -0.1) is 0 Å². The average Bonchev–Trinajstić information content (AvgIpc) is 3.42. The Morgan fingerprint density at radius 3 is 2.34 bits per heavy atom. The molecule has 1 atom stereocenters. The summed E-state index contributed by atoms with van der Waals surface area (Å²) in [5, 5.41) is 1.16. The highest BCUT2D eigenvalue weighted by molar-refractivity contribution is 7.94. The Morgan fingerprint density at radius 1 is 1.00 bits per heavy atom. The maximum Gasteiger partial charge on any atom is 0.248 e. The van der Waals surface area contributed by atoms with Gasteiger partial charge in [0.15, 0.2) is 9.84 Å². The lowest BCUT2D eigenvalue weighted by Gasteiger charge is -2.28. The summed E-state index contributed by atoms with van der Waals surface area (Å²) in [6.45, 7) is 0.173. The number of aromatic nitrogens is 1. The minimum absolute atomic E-state index is 0.131. The molecule has 4 rings (SSSR count). The van der Waals surface area contributed by atoms with Crippen molar-refractivity contribution in [2.45, 2.75) is 19.0 Å². The first-order valence-electron chi connectivity index (χ1n) is 10.1. The number of rotatable bonds is 7. The van der Waals surface area contributed by atoms with Gasteiger partial charge in [0.2, 0.25) is 11.8 Å². The molecule has 1 unspecified atom stereocenters. The van der Waals surface area contributed by atoms with Crippen LogP contribution in [0.1, 0.15) is 21.5 Å². The molecule has 1 aliphatic rings. The Balaban J connectivity index is 1.55. The number of primary amides is 1. The van der Waals surface area contributed by atoms with E-state index >= 15 is 0 Å². The van der Waals surface area contributed by atoms with Crippen molar-refractivity contribution in [1.82, 2.24) is 9.47 Å². The van der Waals surface area contributed by atoms with Crippen LogP contribution in [0.4, 0.5) is 0 Å². The Hall–Kier alpha value is -3.65. The zero-order valence-electron chi connectivity index (χ0n) is 17.3. The van der Waals surface area contributed by atoms with Gasteiger partial charge < -0.3 is 15.2 Å². The molecule has 0 aliphatic carbocycles. The number of sulfone groups is 1. The van der Waals surface area contributed by atoms with E-state index in [1.807, 2.05) is 53.4 Å². The molecule has 0 saturated carbocycles. The van der Waals surface area contributed by atoms with Crippen molar-refractivity contribution in [3.63, 3.8) is 0 Å². The third-order valence-corrected chi connectivity index (χ3v) is 6.77. The second-order valence-corrected chi connectivity index (χ2v) is 9.68. The van der Waals surface area contributed by atoms with Crippen LogP contribution in [0.3, 0.4) is 0 Å². The van der Waals surface area contributed by atoms with Gasteiger partial charge in [0, 0.05) is 35.6 Å². The van der Waals surface area contributed by atoms with Crippen LogP contribution < -0.4 is 5.73 Å². The summed E-state index contributed by atoms with van der Waals surface area (Å²) in [6.07, 6.45) is 5.55. The van der Waals surface area contributed by atoms with E-state index in [0.717, 1.165) is 16.7 Å². The predicted octanol–water partition coefficient (Wildman–Crippen LogP) is 2.46. The molecule has 2 amide bonds. The molecule has 2 heterocycles. The second-order valence-electron chi connectivity index (χ2n) is 7.75. The van der Waals surface area contributed by atoms with E-state index in [0.29, 0.717) is 11.1 Å². The molecule has 0 spiro atoms. The van der Waals surface area contributed by atoms with E-state index in [2.05, 4.69) is 0 Å². The van der Waals surface area contributed by atoms with Gasteiger partial charge in [-0.25, -0.2) is 8.42 Å². The number of carbonyl (C=O) groups is 2. The lowest BCUT2D eigenvalue weighted by Crippen LogP contribution is -2.41. The lowest BCUT2D eigenvalue weighted by molar-refractivity contribution is -0.132. The quantitative estimate of drug-likeness (QED) is 0.598. The molecule has 0 saturated heterocycles. The number of carbonyl (C=O) groups excluding carboxylic acids is 2. The zero-order valence-corrected chi connectivity index (χ0v) is 18.1. The normalized spacial score (nSPS) is 16.7. The molecular weight excluding hydrogens is 426 g/mol. The topological polar surface area (TPSA) is 102 Å². The fraction of sp³-hybridized carbons (Fsp3) is 0.167. The van der Waals surface area contributed by atoms with Crippen LogP contribution in [0.25, 0.3) is 5.69 Å². The molecule has 1 aromatic heterocycles. The van der Waals surface area contributed by atoms with E-state index < -0.39 is 21.8 Å². The fourth-order valence-electron chi connectivity index (χ4n) is 3.73. The number of nitrogens with zero attached hydrogens (tertiary/aromatic N) is 2. The number of hydrogen-bond acceptors (Lipinski definition) is 4. The number of benzene rings is 2. The Morgan fingerprint density at radius 2 is 1.72 bits per heavy atom. The maximum absolute atomic E-state index is 13.2. The summed E-state index contributed by atoms with van der Waals surface area (Å²) in [5.74, 6) is -0.910. The maximum atomic E-state index is 13.2. The van der Waals surface area contributed by atoms with Crippen molar-refractivity contribution in [2.75, 3.05) is 5.75 Å². The standard InChI is InChI=1S/C24H23N3O4S/c25-24(29)20-5-3-4-19(14-20)16-27(22-10-13-32(30,31)17-22)23(28)15-18-6-8-21(9-7-18)26-11-1-2-12-26/h1-14,22H,15-17H2,(H2,25,29). The minimum atomic E-state index is -3.34. The van der Waals surface area contributed by atoms with Crippen LogP contribution in [0.5, 0.6) is 0 Å². The van der Waals surface area contributed by atoms with Crippen molar-refractivity contribution in [3.8, 4) is 5.69 Å². The number of amides is 2. The number of hydrogen-bond donors (Lipinski definition) is 1. The summed E-state index contributed by atoms with van der Waals surface area (Å²) in [7, 11) is -3.34. The van der Waals surface area contributed by atoms with Crippen LogP contribution in [0.2, 0.25) is 0 Å². The van der Waals surface area contributed by atoms with Crippen LogP contribution in [-0.4, -0.2) is 41.5 Å². The van der Waals surface area contributed by atoms with Crippen LogP contribution in [-0.2, 0) is 27.6 Å². The Labute approximate surface area is 186 Å². The summed E-state index contributed by atoms with van der Waals surface area (Å²) >= 11 is 0. The molecule has 7 nitrogen and oxygen atoms in total. The van der Waals surface area contributed by atoms with Crippen molar-refractivity contribution in [3.05, 3.63) is 101 Å². The molecule has 2 aromatic carbocycles. The van der Waals surface area contributed by atoms with Gasteiger partial charge in [-0.1, -0.05) is 24.3 Å². The van der Waals surface area contributed by atoms with E-state index in [1.165, 1.54) is 0 Å². The smallest absolute Gasteiger partial charge is 0.248 e. The van der Waals surface area contributed by atoms with E-state index in [1.54, 1.807) is 35.2 Å². The first-order chi connectivity index (χ1) is 15.3. The lowest BCUT2D eigenvalue weighted by atomic mass is 10.1. The highest BCUT2D eigenvalue weighted by atomic mass is 32.2. The molecule has 0 radical (unpaired) electrons. The van der Waals surface area contributed by atoms with Gasteiger partial charge >= 0.3 is 0 Å². The third-order valence-electron chi connectivity index (χ3n) is 5.39. The molecule has 0 fully saturated rings. The van der Waals surface area contributed by atoms with Gasteiger partial charge in [0.05, 0.1) is 18.2 Å². The van der Waals surface area contributed by atoms with Gasteiger partial charge in [-0.2, -0.15) is 0 Å². The van der Waals surface area contributed by atoms with E-state index in [-0.39, 0.29) is 24.6 Å². The van der Waals surface area contributed by atoms with Crippen molar-refractivity contribution in [1.29, 1.82) is 0 Å². The zero-order chi connectivity index (χ0) is 22.7. The molecule has 2 N–H and O–H groups in total. The summed E-state index contributed by atoms with van der Waals surface area (Å²) in [4.78, 5) is 26.3.